The minimum atomic E-state index is -0.404. The van der Waals surface area contributed by atoms with E-state index in [0.29, 0.717) is 30.0 Å². The molecule has 3 rings (SSSR count). The number of rotatable bonds is 6. The molecule has 0 unspecified atom stereocenters. The average Bonchev–Trinajstić information content (AvgIpc) is 2.87. The molecule has 1 aliphatic rings. The second-order valence-electron chi connectivity index (χ2n) is 5.88. The first-order chi connectivity index (χ1) is 12.5. The number of benzene rings is 2. The Morgan fingerprint density at radius 3 is 2.46 bits per heavy atom. The highest BCUT2D eigenvalue weighted by atomic mass is 19.1. The quantitative estimate of drug-likeness (QED) is 0.808. The third kappa shape index (κ3) is 3.31. The van der Waals surface area contributed by atoms with Crippen LogP contribution in [0.4, 0.5) is 10.1 Å². The molecule has 0 saturated heterocycles. The molecular weight excluding hydrogens is 335 g/mol. The van der Waals surface area contributed by atoms with Gasteiger partial charge in [0.05, 0.1) is 12.7 Å². The molecule has 0 radical (unpaired) electrons. The first-order valence-electron chi connectivity index (χ1n) is 8.32. The summed E-state index contributed by atoms with van der Waals surface area (Å²) in [4.78, 5) is 26.8. The lowest BCUT2D eigenvalue weighted by atomic mass is 10.0. The third-order valence-electron chi connectivity index (χ3n) is 4.09. The molecule has 0 saturated carbocycles. The van der Waals surface area contributed by atoms with E-state index in [9.17, 15) is 14.0 Å². The Hall–Kier alpha value is -3.15. The number of hydrogen-bond donors (Lipinski definition) is 1. The zero-order chi connectivity index (χ0) is 18.7. The summed E-state index contributed by atoms with van der Waals surface area (Å²) in [5.74, 6) is -0.548. The van der Waals surface area contributed by atoms with E-state index in [1.807, 2.05) is 6.92 Å². The van der Waals surface area contributed by atoms with E-state index in [2.05, 4.69) is 5.32 Å². The standard InChI is InChI=1S/C20H19FN2O3/c1-3-11-23-19(24)17(13-7-9-14(21)10-8-13)18(20(23)25)22-15-5-4-6-16(12-15)26-2/h4-10,12,22H,3,11H2,1-2H3. The fourth-order valence-electron chi connectivity index (χ4n) is 2.85. The molecule has 1 heterocycles. The smallest absolute Gasteiger partial charge is 0.278 e. The van der Waals surface area contributed by atoms with Crippen LogP contribution in [-0.4, -0.2) is 30.4 Å². The van der Waals surface area contributed by atoms with Crippen LogP contribution in [0.15, 0.2) is 54.2 Å². The molecule has 5 nitrogen and oxygen atoms in total. The van der Waals surface area contributed by atoms with Gasteiger partial charge in [0, 0.05) is 18.3 Å². The van der Waals surface area contributed by atoms with Gasteiger partial charge in [0.2, 0.25) is 0 Å². The predicted molar refractivity (Wildman–Crippen MR) is 96.9 cm³/mol. The molecule has 6 heteroatoms. The van der Waals surface area contributed by atoms with Gasteiger partial charge in [0.25, 0.3) is 11.8 Å². The molecule has 0 aromatic heterocycles. The number of carbonyl (C=O) groups is 2. The number of methoxy groups -OCH3 is 1. The summed E-state index contributed by atoms with van der Waals surface area (Å²) < 4.78 is 18.5. The van der Waals surface area contributed by atoms with Crippen molar-refractivity contribution in [2.75, 3.05) is 19.0 Å². The Bertz CT molecular complexity index is 875. The van der Waals surface area contributed by atoms with Crippen LogP contribution in [0.5, 0.6) is 5.75 Å². The van der Waals surface area contributed by atoms with Crippen LogP contribution in [0.1, 0.15) is 18.9 Å². The summed E-state index contributed by atoms with van der Waals surface area (Å²) in [6.45, 7) is 2.22. The van der Waals surface area contributed by atoms with E-state index in [4.69, 9.17) is 4.74 Å². The van der Waals surface area contributed by atoms with Crippen molar-refractivity contribution in [3.8, 4) is 5.75 Å². The number of nitrogens with one attached hydrogen (secondary N) is 1. The first kappa shape index (κ1) is 17.7. The molecule has 0 fully saturated rings. The summed E-state index contributed by atoms with van der Waals surface area (Å²) in [7, 11) is 1.55. The highest BCUT2D eigenvalue weighted by molar-refractivity contribution is 6.36. The highest BCUT2D eigenvalue weighted by Gasteiger charge is 2.38. The number of ether oxygens (including phenoxy) is 1. The Morgan fingerprint density at radius 1 is 1.08 bits per heavy atom. The van der Waals surface area contributed by atoms with Crippen molar-refractivity contribution < 1.29 is 18.7 Å². The van der Waals surface area contributed by atoms with E-state index >= 15 is 0 Å². The van der Waals surface area contributed by atoms with Gasteiger partial charge in [-0.05, 0) is 36.2 Å². The van der Waals surface area contributed by atoms with Crippen LogP contribution in [0.2, 0.25) is 0 Å². The van der Waals surface area contributed by atoms with Crippen LogP contribution in [0.3, 0.4) is 0 Å². The summed E-state index contributed by atoms with van der Waals surface area (Å²) in [5.41, 5.74) is 1.54. The second kappa shape index (κ2) is 7.39. The molecule has 0 atom stereocenters. The van der Waals surface area contributed by atoms with Crippen LogP contribution >= 0.6 is 0 Å². The zero-order valence-corrected chi connectivity index (χ0v) is 14.6. The van der Waals surface area contributed by atoms with Crippen LogP contribution in [0, 0.1) is 5.82 Å². The lowest BCUT2D eigenvalue weighted by Gasteiger charge is -2.14. The Morgan fingerprint density at radius 2 is 1.81 bits per heavy atom. The van der Waals surface area contributed by atoms with E-state index in [1.165, 1.54) is 29.2 Å². The van der Waals surface area contributed by atoms with Gasteiger partial charge in [0.1, 0.15) is 17.3 Å². The minimum Gasteiger partial charge on any atom is -0.497 e. The first-order valence-corrected chi connectivity index (χ1v) is 8.32. The number of imide groups is 1. The van der Waals surface area contributed by atoms with E-state index in [-0.39, 0.29) is 23.1 Å². The topological polar surface area (TPSA) is 58.6 Å². The summed E-state index contributed by atoms with van der Waals surface area (Å²) >= 11 is 0. The second-order valence-corrected chi connectivity index (χ2v) is 5.88. The van der Waals surface area contributed by atoms with Gasteiger partial charge >= 0.3 is 0 Å². The van der Waals surface area contributed by atoms with Crippen molar-refractivity contribution >= 4 is 23.1 Å². The Balaban J connectivity index is 2.05. The molecule has 26 heavy (non-hydrogen) atoms. The van der Waals surface area contributed by atoms with Gasteiger partial charge in [-0.3, -0.25) is 14.5 Å². The maximum Gasteiger partial charge on any atom is 0.278 e. The highest BCUT2D eigenvalue weighted by Crippen LogP contribution is 2.31. The fourth-order valence-corrected chi connectivity index (χ4v) is 2.85. The lowest BCUT2D eigenvalue weighted by molar-refractivity contribution is -0.136. The SMILES string of the molecule is CCCN1C(=O)C(Nc2cccc(OC)c2)=C(c2ccc(F)cc2)C1=O. The molecular formula is C20H19FN2O3. The van der Waals surface area contributed by atoms with E-state index in [1.54, 1.807) is 31.4 Å². The van der Waals surface area contributed by atoms with Crippen LogP contribution in [0.25, 0.3) is 5.57 Å². The summed E-state index contributed by atoms with van der Waals surface area (Å²) in [6.07, 6.45) is 0.653. The number of nitrogens with zero attached hydrogens (tertiary/aromatic N) is 1. The molecule has 0 aliphatic carbocycles. The van der Waals surface area contributed by atoms with Crippen LogP contribution in [-0.2, 0) is 9.59 Å². The number of amides is 2. The number of anilines is 1. The Kier molecular flexibility index (Phi) is 5.02. The monoisotopic (exact) mass is 354 g/mol. The number of halogens is 1. The normalized spacial score (nSPS) is 14.2. The van der Waals surface area contributed by atoms with Crippen LogP contribution < -0.4 is 10.1 Å². The maximum absolute atomic E-state index is 13.3. The fraction of sp³-hybridized carbons (Fsp3) is 0.200. The van der Waals surface area contributed by atoms with Gasteiger partial charge in [-0.15, -0.1) is 0 Å². The molecule has 1 aliphatic heterocycles. The van der Waals surface area contributed by atoms with Gasteiger partial charge in [0.15, 0.2) is 0 Å². The minimum absolute atomic E-state index is 0.184. The van der Waals surface area contributed by atoms with Gasteiger partial charge in [-0.1, -0.05) is 25.1 Å². The zero-order valence-electron chi connectivity index (χ0n) is 14.6. The maximum atomic E-state index is 13.3. The van der Waals surface area contributed by atoms with Crippen molar-refractivity contribution in [2.24, 2.45) is 0 Å². The molecule has 134 valence electrons. The number of hydrogen-bond acceptors (Lipinski definition) is 4. The van der Waals surface area contributed by atoms with Gasteiger partial charge in [-0.2, -0.15) is 0 Å². The molecule has 1 N–H and O–H groups in total. The predicted octanol–water partition coefficient (Wildman–Crippen LogP) is 3.44. The van der Waals surface area contributed by atoms with Crippen molar-refractivity contribution in [3.63, 3.8) is 0 Å². The lowest BCUT2D eigenvalue weighted by Crippen LogP contribution is -2.33. The van der Waals surface area contributed by atoms with E-state index in [0.717, 1.165) is 0 Å². The molecule has 2 amide bonds. The third-order valence-corrected chi connectivity index (χ3v) is 4.09. The van der Waals surface area contributed by atoms with Crippen molar-refractivity contribution in [2.45, 2.75) is 13.3 Å². The van der Waals surface area contributed by atoms with Crippen molar-refractivity contribution in [1.29, 1.82) is 0 Å². The molecule has 2 aromatic rings. The van der Waals surface area contributed by atoms with Gasteiger partial charge in [-0.25, -0.2) is 4.39 Å². The molecule has 2 aromatic carbocycles. The Labute approximate surface area is 151 Å². The summed E-state index contributed by atoms with van der Waals surface area (Å²) in [5, 5.41) is 3.04. The van der Waals surface area contributed by atoms with E-state index < -0.39 is 5.82 Å². The molecule has 0 spiro atoms. The average molecular weight is 354 g/mol. The van der Waals surface area contributed by atoms with Crippen molar-refractivity contribution in [3.05, 3.63) is 65.6 Å². The van der Waals surface area contributed by atoms with Crippen molar-refractivity contribution in [1.82, 2.24) is 4.90 Å². The summed E-state index contributed by atoms with van der Waals surface area (Å²) in [6, 6.07) is 12.6. The number of carbonyl (C=O) groups excluding carboxylic acids is 2. The van der Waals surface area contributed by atoms with Gasteiger partial charge < -0.3 is 10.1 Å². The molecule has 0 bridgehead atoms. The largest absolute Gasteiger partial charge is 0.497 e.